The maximum Gasteiger partial charge on any atom is 0.0955 e. The van der Waals surface area contributed by atoms with Crippen molar-refractivity contribution in [3.05, 3.63) is 30.1 Å². The van der Waals surface area contributed by atoms with Crippen molar-refractivity contribution < 1.29 is 0 Å². The zero-order valence-electron chi connectivity index (χ0n) is 9.83. The van der Waals surface area contributed by atoms with Crippen LogP contribution in [0.4, 0.5) is 0 Å². The second-order valence-corrected chi connectivity index (χ2v) is 4.89. The van der Waals surface area contributed by atoms with Gasteiger partial charge in [0, 0.05) is 12.6 Å². The number of benzene rings is 1. The second kappa shape index (κ2) is 3.32. The lowest BCUT2D eigenvalue weighted by atomic mass is 10.0. The van der Waals surface area contributed by atoms with Gasteiger partial charge in [0.1, 0.15) is 0 Å². The van der Waals surface area contributed by atoms with Gasteiger partial charge in [0.05, 0.1) is 17.4 Å². The molecule has 3 heteroatoms. The van der Waals surface area contributed by atoms with Crippen molar-refractivity contribution >= 4 is 11.0 Å². The molecule has 0 amide bonds. The lowest BCUT2D eigenvalue weighted by Gasteiger charge is -2.13. The number of aromatic nitrogens is 2. The summed E-state index contributed by atoms with van der Waals surface area (Å²) in [6.45, 7) is 0. The molecule has 0 aliphatic heterocycles. The Morgan fingerprint density at radius 3 is 2.94 bits per heavy atom. The van der Waals surface area contributed by atoms with Gasteiger partial charge in [-0.1, -0.05) is 6.07 Å². The molecule has 0 unspecified atom stereocenters. The third-order valence-corrected chi connectivity index (χ3v) is 3.72. The van der Waals surface area contributed by atoms with Gasteiger partial charge in [-0.15, -0.1) is 0 Å². The summed E-state index contributed by atoms with van der Waals surface area (Å²) in [5.41, 5.74) is 4.07. The van der Waals surface area contributed by atoms with Crippen LogP contribution in [0.25, 0.3) is 11.0 Å². The smallest absolute Gasteiger partial charge is 0.0955 e. The molecule has 16 heavy (non-hydrogen) atoms. The third-order valence-electron chi connectivity index (χ3n) is 3.72. The molecule has 84 valence electrons. The Morgan fingerprint density at radius 1 is 1.44 bits per heavy atom. The van der Waals surface area contributed by atoms with Gasteiger partial charge in [-0.05, 0) is 44.0 Å². The van der Waals surface area contributed by atoms with Gasteiger partial charge in [0.15, 0.2) is 0 Å². The first kappa shape index (κ1) is 9.85. The number of nitrogens with zero attached hydrogens (tertiary/aromatic N) is 2. The number of rotatable bonds is 3. The first-order valence-corrected chi connectivity index (χ1v) is 5.81. The van der Waals surface area contributed by atoms with Crippen LogP contribution < -0.4 is 5.32 Å². The van der Waals surface area contributed by atoms with E-state index in [2.05, 4.69) is 40.1 Å². The normalized spacial score (nSPS) is 17.9. The van der Waals surface area contributed by atoms with E-state index < -0.39 is 0 Å². The monoisotopic (exact) mass is 215 g/mol. The van der Waals surface area contributed by atoms with Gasteiger partial charge in [0.2, 0.25) is 0 Å². The summed E-state index contributed by atoms with van der Waals surface area (Å²) in [5, 5.41) is 3.43. The number of fused-ring (bicyclic) bond motifs is 1. The highest BCUT2D eigenvalue weighted by Crippen LogP contribution is 2.38. The molecular formula is C13H17N3. The standard InChI is InChI=1S/C13H17N3/c1-14-13(5-6-13)8-10-3-4-12-11(7-10)15-9-16(12)2/h3-4,7,9,14H,5-6,8H2,1-2H3. The molecule has 1 heterocycles. The molecule has 0 bridgehead atoms. The van der Waals surface area contributed by atoms with Crippen molar-refractivity contribution in [1.82, 2.24) is 14.9 Å². The zero-order chi connectivity index (χ0) is 11.2. The van der Waals surface area contributed by atoms with Crippen LogP contribution in [0, 0.1) is 0 Å². The summed E-state index contributed by atoms with van der Waals surface area (Å²) in [5.74, 6) is 0. The van der Waals surface area contributed by atoms with Crippen LogP contribution in [0.15, 0.2) is 24.5 Å². The van der Waals surface area contributed by atoms with Crippen LogP contribution >= 0.6 is 0 Å². The van der Waals surface area contributed by atoms with Crippen LogP contribution in [0.1, 0.15) is 18.4 Å². The average molecular weight is 215 g/mol. The molecule has 3 rings (SSSR count). The maximum atomic E-state index is 4.40. The molecule has 1 fully saturated rings. The van der Waals surface area contributed by atoms with E-state index in [0.29, 0.717) is 5.54 Å². The first-order chi connectivity index (χ1) is 7.72. The van der Waals surface area contributed by atoms with Crippen molar-refractivity contribution in [3.63, 3.8) is 0 Å². The molecular weight excluding hydrogens is 198 g/mol. The zero-order valence-corrected chi connectivity index (χ0v) is 9.83. The predicted molar refractivity (Wildman–Crippen MR) is 65.4 cm³/mol. The molecule has 3 nitrogen and oxygen atoms in total. The lowest BCUT2D eigenvalue weighted by Crippen LogP contribution is -2.29. The molecule has 1 saturated carbocycles. The van der Waals surface area contributed by atoms with E-state index in [1.165, 1.54) is 23.9 Å². The average Bonchev–Trinajstić information content (AvgIpc) is 2.98. The fourth-order valence-electron chi connectivity index (χ4n) is 2.35. The van der Waals surface area contributed by atoms with Crippen molar-refractivity contribution in [2.75, 3.05) is 7.05 Å². The lowest BCUT2D eigenvalue weighted by molar-refractivity contribution is 0.549. The Labute approximate surface area is 95.5 Å². The van der Waals surface area contributed by atoms with Crippen molar-refractivity contribution in [2.45, 2.75) is 24.8 Å². The van der Waals surface area contributed by atoms with Gasteiger partial charge in [-0.25, -0.2) is 4.98 Å². The van der Waals surface area contributed by atoms with Crippen molar-refractivity contribution in [2.24, 2.45) is 7.05 Å². The number of likely N-dealkylation sites (N-methyl/N-ethyl adjacent to an activating group) is 1. The van der Waals surface area contributed by atoms with E-state index >= 15 is 0 Å². The van der Waals surface area contributed by atoms with Crippen LogP contribution in [-0.4, -0.2) is 22.1 Å². The topological polar surface area (TPSA) is 29.9 Å². The number of nitrogens with one attached hydrogen (secondary N) is 1. The minimum Gasteiger partial charge on any atom is -0.334 e. The Balaban J connectivity index is 1.93. The molecule has 0 saturated heterocycles. The molecule has 0 spiro atoms. The van der Waals surface area contributed by atoms with Crippen molar-refractivity contribution in [3.8, 4) is 0 Å². The van der Waals surface area contributed by atoms with Crippen LogP contribution in [0.2, 0.25) is 0 Å². The highest BCUT2D eigenvalue weighted by molar-refractivity contribution is 5.76. The largest absolute Gasteiger partial charge is 0.334 e. The number of hydrogen-bond acceptors (Lipinski definition) is 2. The molecule has 1 aromatic carbocycles. The predicted octanol–water partition coefficient (Wildman–Crippen LogP) is 1.87. The minimum absolute atomic E-state index is 0.377. The SMILES string of the molecule is CNC1(Cc2ccc3c(c2)ncn3C)CC1. The summed E-state index contributed by atoms with van der Waals surface area (Å²) >= 11 is 0. The van der Waals surface area contributed by atoms with Gasteiger partial charge in [-0.3, -0.25) is 0 Å². The Kier molecular flexibility index (Phi) is 2.04. The molecule has 1 N–H and O–H groups in total. The quantitative estimate of drug-likeness (QED) is 0.847. The highest BCUT2D eigenvalue weighted by Gasteiger charge is 2.40. The van der Waals surface area contributed by atoms with Crippen LogP contribution in [-0.2, 0) is 13.5 Å². The number of hydrogen-bond donors (Lipinski definition) is 1. The summed E-state index contributed by atoms with van der Waals surface area (Å²) < 4.78 is 2.06. The fraction of sp³-hybridized carbons (Fsp3) is 0.462. The molecule has 0 radical (unpaired) electrons. The minimum atomic E-state index is 0.377. The summed E-state index contributed by atoms with van der Waals surface area (Å²) in [6.07, 6.45) is 5.59. The number of aryl methyl sites for hydroxylation is 1. The molecule has 1 aromatic heterocycles. The van der Waals surface area contributed by atoms with Gasteiger partial charge < -0.3 is 9.88 Å². The second-order valence-electron chi connectivity index (χ2n) is 4.89. The summed E-state index contributed by atoms with van der Waals surface area (Å²) in [7, 11) is 4.09. The van der Waals surface area contributed by atoms with E-state index in [0.717, 1.165) is 11.9 Å². The molecule has 0 atom stereocenters. The van der Waals surface area contributed by atoms with E-state index in [9.17, 15) is 0 Å². The first-order valence-electron chi connectivity index (χ1n) is 5.81. The Hall–Kier alpha value is -1.35. The van der Waals surface area contributed by atoms with E-state index in [1.807, 2.05) is 13.4 Å². The fourth-order valence-corrected chi connectivity index (χ4v) is 2.35. The molecule has 1 aliphatic carbocycles. The summed E-state index contributed by atoms with van der Waals surface area (Å²) in [6, 6.07) is 6.61. The van der Waals surface area contributed by atoms with E-state index in [-0.39, 0.29) is 0 Å². The van der Waals surface area contributed by atoms with Crippen molar-refractivity contribution in [1.29, 1.82) is 0 Å². The van der Waals surface area contributed by atoms with Gasteiger partial charge in [0.25, 0.3) is 0 Å². The van der Waals surface area contributed by atoms with Crippen LogP contribution in [0.5, 0.6) is 0 Å². The Morgan fingerprint density at radius 2 is 2.25 bits per heavy atom. The Bertz CT molecular complexity index is 523. The van der Waals surface area contributed by atoms with E-state index in [4.69, 9.17) is 0 Å². The van der Waals surface area contributed by atoms with E-state index in [1.54, 1.807) is 0 Å². The molecule has 2 aromatic rings. The summed E-state index contributed by atoms with van der Waals surface area (Å²) in [4.78, 5) is 4.40. The van der Waals surface area contributed by atoms with Gasteiger partial charge in [-0.2, -0.15) is 0 Å². The molecule has 1 aliphatic rings. The van der Waals surface area contributed by atoms with Crippen LogP contribution in [0.3, 0.4) is 0 Å². The van der Waals surface area contributed by atoms with Gasteiger partial charge >= 0.3 is 0 Å². The third kappa shape index (κ3) is 1.52. The highest BCUT2D eigenvalue weighted by atomic mass is 15.0. The maximum absolute atomic E-state index is 4.40. The number of imidazole rings is 1.